The maximum absolute atomic E-state index is 9.98. The molecule has 0 aromatic rings. The van der Waals surface area contributed by atoms with Gasteiger partial charge in [0.15, 0.2) is 8.96 Å². The molecule has 0 aromatic heterocycles. The summed E-state index contributed by atoms with van der Waals surface area (Å²) in [6.07, 6.45) is 0. The monoisotopic (exact) mass is 84.0 g/mol. The van der Waals surface area contributed by atoms with Gasteiger partial charge in [0.05, 0.1) is 0 Å². The van der Waals surface area contributed by atoms with Gasteiger partial charge in [-0.3, -0.25) is 0 Å². The van der Waals surface area contributed by atoms with E-state index < -0.39 is 4.39 Å². The number of hydrogen-bond acceptors (Lipinski definition) is 1. The van der Waals surface area contributed by atoms with Crippen molar-refractivity contribution in [2.45, 2.75) is 0 Å². The number of rotatable bonds is 0. The topological polar surface area (TPSA) is 3.01 Å². The molecule has 0 aliphatic rings. The van der Waals surface area contributed by atoms with Crippen molar-refractivity contribution in [1.82, 2.24) is 0 Å². The van der Waals surface area contributed by atoms with Crippen LogP contribution in [0.4, 0.5) is 8.96 Å². The highest BCUT2D eigenvalue weighted by molar-refractivity contribution is 7.44. The van der Waals surface area contributed by atoms with E-state index >= 15 is 0 Å². The highest BCUT2D eigenvalue weighted by Gasteiger charge is 1.84. The van der Waals surface area contributed by atoms with Gasteiger partial charge in [0, 0.05) is 0 Å². The summed E-state index contributed by atoms with van der Waals surface area (Å²) >= 11 is 3.12. The number of halogens is 2. The lowest BCUT2D eigenvalue weighted by molar-refractivity contribution is -0.831. The zero-order valence-electron chi connectivity index (χ0n) is 1.61. The quantitative estimate of drug-likeness (QED) is 0.386. The summed E-state index contributed by atoms with van der Waals surface area (Å²) in [6.45, 7) is 0. The summed E-state index contributed by atoms with van der Waals surface area (Å²) in [5.41, 5.74) is 0. The first-order chi connectivity index (χ1) is 1.73. The molecule has 0 radical (unpaired) electrons. The van der Waals surface area contributed by atoms with E-state index in [-0.39, 0.29) is 0 Å². The van der Waals surface area contributed by atoms with Crippen molar-refractivity contribution in [3.05, 3.63) is 0 Å². The average molecular weight is 84.1 g/mol. The predicted molar refractivity (Wildman–Crippen MR) is 9.84 cm³/mol. The van der Waals surface area contributed by atoms with Crippen molar-refractivity contribution < 1.29 is 13.4 Å². The summed E-state index contributed by atoms with van der Waals surface area (Å²) in [7, 11) is 0. The van der Waals surface area contributed by atoms with Crippen LogP contribution in [0, 0.1) is 0 Å². The standard InChI is InChI=1S/F2NS/c1-3(2)4/q+1. The maximum Gasteiger partial charge on any atom is 0.377 e. The minimum atomic E-state index is -1.42. The van der Waals surface area contributed by atoms with E-state index in [9.17, 15) is 8.96 Å². The third-order valence-corrected chi connectivity index (χ3v) is 0. The molecule has 0 fully saturated rings. The van der Waals surface area contributed by atoms with Gasteiger partial charge in [0.2, 0.25) is 0 Å². The predicted octanol–water partition coefficient (Wildman–Crippen LogP) is 0.498. The molecule has 0 aromatic carbocycles. The molecule has 24 valence electrons. The van der Waals surface area contributed by atoms with Gasteiger partial charge in [-0.05, 0) is 0 Å². The van der Waals surface area contributed by atoms with E-state index in [1.54, 1.807) is 0 Å². The number of nitrogens with zero attached hydrogens (tertiary/aromatic N) is 1. The van der Waals surface area contributed by atoms with Gasteiger partial charge in [0.1, 0.15) is 0 Å². The average Bonchev–Trinajstić information content (AvgIpc) is 0.811. The van der Waals surface area contributed by atoms with Crippen molar-refractivity contribution >= 4 is 12.4 Å². The minimum absolute atomic E-state index is 1.42. The SMILES string of the molecule is F[N+](F)=S. The van der Waals surface area contributed by atoms with E-state index in [0.717, 1.165) is 0 Å². The van der Waals surface area contributed by atoms with Crippen molar-refractivity contribution in [3.63, 3.8) is 0 Å². The number of hydrogen-bond donors (Lipinski definition) is 0. The molecule has 0 spiro atoms. The maximum atomic E-state index is 9.98. The Morgan fingerprint density at radius 1 is 1.50 bits per heavy atom. The van der Waals surface area contributed by atoms with E-state index in [1.165, 1.54) is 0 Å². The van der Waals surface area contributed by atoms with Crippen LogP contribution < -0.4 is 0 Å². The molecule has 0 amide bonds. The zero-order chi connectivity index (χ0) is 3.58. The Morgan fingerprint density at radius 2 is 1.50 bits per heavy atom. The fourth-order valence-corrected chi connectivity index (χ4v) is 0. The highest BCUT2D eigenvalue weighted by Crippen LogP contribution is 1.63. The Balaban J connectivity index is 2.80. The van der Waals surface area contributed by atoms with Gasteiger partial charge in [0.25, 0.3) is 0 Å². The second-order valence-corrected chi connectivity index (χ2v) is 0.478. The zero-order valence-corrected chi connectivity index (χ0v) is 2.43. The van der Waals surface area contributed by atoms with Crippen LogP contribution in [0.5, 0.6) is 0 Å². The molecular formula is F2NS+. The first kappa shape index (κ1) is 3.88. The lowest BCUT2D eigenvalue weighted by Gasteiger charge is -1.33. The molecule has 0 atom stereocenters. The Morgan fingerprint density at radius 3 is 1.50 bits per heavy atom. The Hall–Kier alpha value is -0.120. The second kappa shape index (κ2) is 1.23. The van der Waals surface area contributed by atoms with Crippen LogP contribution in [0.3, 0.4) is 0 Å². The highest BCUT2D eigenvalue weighted by atomic mass is 32.1. The molecule has 4 heteroatoms. The van der Waals surface area contributed by atoms with Gasteiger partial charge in [-0.15, -0.1) is 0 Å². The van der Waals surface area contributed by atoms with Gasteiger partial charge >= 0.3 is 16.8 Å². The molecule has 0 saturated carbocycles. The lowest BCUT2D eigenvalue weighted by Crippen LogP contribution is -1.62. The summed E-state index contributed by atoms with van der Waals surface area (Å²) in [4.78, 5) is 0. The summed E-state index contributed by atoms with van der Waals surface area (Å²) < 4.78 is 18.5. The van der Waals surface area contributed by atoms with Crippen molar-refractivity contribution in [1.29, 1.82) is 0 Å². The van der Waals surface area contributed by atoms with Gasteiger partial charge < -0.3 is 0 Å². The van der Waals surface area contributed by atoms with E-state index in [4.69, 9.17) is 0 Å². The van der Waals surface area contributed by atoms with Crippen LogP contribution in [0.15, 0.2) is 0 Å². The van der Waals surface area contributed by atoms with Crippen LogP contribution in [0.25, 0.3) is 0 Å². The van der Waals surface area contributed by atoms with Crippen LogP contribution >= 0.6 is 0 Å². The molecule has 0 unspecified atom stereocenters. The summed E-state index contributed by atoms with van der Waals surface area (Å²) in [6, 6.07) is 0. The Bertz CT molecular complexity index is 29.0. The summed E-state index contributed by atoms with van der Waals surface area (Å²) in [5.74, 6) is 0. The van der Waals surface area contributed by atoms with Crippen LogP contribution in [-0.4, -0.2) is 4.39 Å². The third-order valence-electron chi connectivity index (χ3n) is 0. The molecule has 0 aliphatic carbocycles. The first-order valence-corrected chi connectivity index (χ1v) is 0.886. The second-order valence-electron chi connectivity index (χ2n) is 0.202. The van der Waals surface area contributed by atoms with Crippen LogP contribution in [0.1, 0.15) is 0 Å². The molecule has 0 N–H and O–H groups in total. The van der Waals surface area contributed by atoms with Crippen molar-refractivity contribution in [3.8, 4) is 0 Å². The lowest BCUT2D eigenvalue weighted by atomic mass is 13.6. The molecule has 0 saturated heterocycles. The molecule has 0 rings (SSSR count). The van der Waals surface area contributed by atoms with Crippen molar-refractivity contribution in [2.75, 3.05) is 0 Å². The van der Waals surface area contributed by atoms with Crippen LogP contribution in [-0.2, 0) is 12.4 Å². The minimum Gasteiger partial charge on any atom is 0.159 e. The molecule has 4 heavy (non-hydrogen) atoms. The molecule has 0 heterocycles. The smallest absolute Gasteiger partial charge is 0.159 e. The van der Waals surface area contributed by atoms with E-state index in [1.807, 2.05) is 0 Å². The van der Waals surface area contributed by atoms with Gasteiger partial charge in [-0.25, -0.2) is 0 Å². The largest absolute Gasteiger partial charge is 0.377 e. The molecule has 0 aliphatic heterocycles. The van der Waals surface area contributed by atoms with E-state index in [2.05, 4.69) is 12.4 Å². The van der Waals surface area contributed by atoms with Crippen LogP contribution in [0.2, 0.25) is 0 Å². The first-order valence-electron chi connectivity index (χ1n) is 0.521. The fourth-order valence-electron chi connectivity index (χ4n) is 0. The fraction of sp³-hybridized carbons (Fsp3) is 0. The normalized spacial score (nSPS) is 6.50. The molecular weight excluding hydrogens is 84.1 g/mol. The molecule has 0 bridgehead atoms. The Kier molecular flexibility index (Phi) is 1.19. The van der Waals surface area contributed by atoms with E-state index in [0.29, 0.717) is 0 Å². The summed E-state index contributed by atoms with van der Waals surface area (Å²) in [5, 5.41) is 0. The Labute approximate surface area is 26.9 Å². The van der Waals surface area contributed by atoms with Gasteiger partial charge in [-0.2, -0.15) is 0 Å². The third kappa shape index (κ3) is 101. The van der Waals surface area contributed by atoms with Crippen molar-refractivity contribution in [2.24, 2.45) is 0 Å². The van der Waals surface area contributed by atoms with Gasteiger partial charge in [-0.1, -0.05) is 0 Å². The molecule has 1 nitrogen and oxygen atoms in total.